The van der Waals surface area contributed by atoms with Crippen molar-refractivity contribution in [1.82, 2.24) is 15.5 Å². The molecule has 2 aliphatic rings. The highest BCUT2D eigenvalue weighted by Crippen LogP contribution is 2.18. The van der Waals surface area contributed by atoms with Crippen molar-refractivity contribution in [2.24, 2.45) is 11.8 Å². The molecule has 2 atom stereocenters. The number of amides is 2. The number of carboxylic acids is 1. The molecule has 2 aliphatic heterocycles. The number of allylic oxidation sites excluding steroid dienone is 1. The van der Waals surface area contributed by atoms with Gasteiger partial charge in [0.15, 0.2) is 0 Å². The first kappa shape index (κ1) is 20.0. The molecule has 2 rings (SSSR count). The van der Waals surface area contributed by atoms with Crippen molar-refractivity contribution in [3.63, 3.8) is 0 Å². The molecule has 2 saturated heterocycles. The van der Waals surface area contributed by atoms with Crippen LogP contribution in [0.5, 0.6) is 0 Å². The molecule has 7 heteroatoms. The lowest BCUT2D eigenvalue weighted by Crippen LogP contribution is -2.47. The Morgan fingerprint density at radius 2 is 2.04 bits per heavy atom. The average Bonchev–Trinajstić information content (AvgIpc) is 2.66. The van der Waals surface area contributed by atoms with Gasteiger partial charge in [0.25, 0.3) is 0 Å². The van der Waals surface area contributed by atoms with E-state index in [1.54, 1.807) is 11.0 Å². The van der Waals surface area contributed by atoms with Crippen LogP contribution in [-0.2, 0) is 14.4 Å². The molecule has 0 aromatic heterocycles. The molecular formula is C19H27N3O4. The molecule has 0 aromatic rings. The molecule has 7 nitrogen and oxygen atoms in total. The normalized spacial score (nSPS) is 22.6. The van der Waals surface area contributed by atoms with Crippen molar-refractivity contribution in [3.05, 3.63) is 12.2 Å². The summed E-state index contributed by atoms with van der Waals surface area (Å²) in [6, 6.07) is -0.828. The Balaban J connectivity index is 1.86. The van der Waals surface area contributed by atoms with Crippen molar-refractivity contribution in [1.29, 1.82) is 0 Å². The van der Waals surface area contributed by atoms with Gasteiger partial charge in [-0.05, 0) is 50.8 Å². The fraction of sp³-hybridized carbons (Fsp3) is 0.632. The Morgan fingerprint density at radius 1 is 1.31 bits per heavy atom. The van der Waals surface area contributed by atoms with Gasteiger partial charge in [0.1, 0.15) is 6.04 Å². The first-order valence-corrected chi connectivity index (χ1v) is 9.15. The number of carbonyl (C=O) groups excluding carboxylic acids is 2. The van der Waals surface area contributed by atoms with E-state index in [-0.39, 0.29) is 24.2 Å². The number of likely N-dealkylation sites (tertiary alicyclic amines) is 1. The largest absolute Gasteiger partial charge is 0.481 e. The SMILES string of the molecule is C#CC(CC(=O)O)NC(=O)[C@H]1CCCN(C(=O)/C=C/C2CCNCC2)C1. The van der Waals surface area contributed by atoms with Gasteiger partial charge in [0.05, 0.1) is 12.3 Å². The third kappa shape index (κ3) is 6.19. The molecule has 0 saturated carbocycles. The van der Waals surface area contributed by atoms with E-state index in [9.17, 15) is 14.4 Å². The van der Waals surface area contributed by atoms with Crippen LogP contribution in [0.4, 0.5) is 0 Å². The molecule has 3 N–H and O–H groups in total. The number of rotatable bonds is 6. The maximum atomic E-state index is 12.4. The van der Waals surface area contributed by atoms with E-state index in [4.69, 9.17) is 11.5 Å². The second kappa shape index (κ2) is 9.97. The molecular weight excluding hydrogens is 334 g/mol. The lowest BCUT2D eigenvalue weighted by Gasteiger charge is -2.32. The Labute approximate surface area is 154 Å². The lowest BCUT2D eigenvalue weighted by molar-refractivity contribution is -0.137. The molecule has 26 heavy (non-hydrogen) atoms. The maximum Gasteiger partial charge on any atom is 0.306 e. The van der Waals surface area contributed by atoms with Crippen molar-refractivity contribution in [2.75, 3.05) is 26.2 Å². The Morgan fingerprint density at radius 3 is 2.69 bits per heavy atom. The van der Waals surface area contributed by atoms with Crippen LogP contribution in [0.2, 0.25) is 0 Å². The summed E-state index contributed by atoms with van der Waals surface area (Å²) in [7, 11) is 0. The topological polar surface area (TPSA) is 98.7 Å². The van der Waals surface area contributed by atoms with Gasteiger partial charge in [-0.1, -0.05) is 12.0 Å². The smallest absolute Gasteiger partial charge is 0.306 e. The highest BCUT2D eigenvalue weighted by molar-refractivity contribution is 5.88. The number of hydrogen-bond donors (Lipinski definition) is 3. The monoisotopic (exact) mass is 361 g/mol. The summed E-state index contributed by atoms with van der Waals surface area (Å²) < 4.78 is 0. The van der Waals surface area contributed by atoms with E-state index in [0.29, 0.717) is 25.4 Å². The van der Waals surface area contributed by atoms with Gasteiger partial charge in [-0.15, -0.1) is 6.42 Å². The zero-order chi connectivity index (χ0) is 18.9. The quantitative estimate of drug-likeness (QED) is 0.469. The van der Waals surface area contributed by atoms with E-state index in [1.807, 2.05) is 6.08 Å². The van der Waals surface area contributed by atoms with Crippen LogP contribution in [0.3, 0.4) is 0 Å². The zero-order valence-corrected chi connectivity index (χ0v) is 14.9. The molecule has 0 radical (unpaired) electrons. The molecule has 0 aliphatic carbocycles. The minimum absolute atomic E-state index is 0.0694. The number of piperidine rings is 2. The number of nitrogens with one attached hydrogen (secondary N) is 2. The van der Waals surface area contributed by atoms with E-state index in [1.165, 1.54) is 0 Å². The van der Waals surface area contributed by atoms with E-state index in [2.05, 4.69) is 16.6 Å². The van der Waals surface area contributed by atoms with E-state index in [0.717, 1.165) is 32.4 Å². The molecule has 142 valence electrons. The minimum atomic E-state index is -1.06. The summed E-state index contributed by atoms with van der Waals surface area (Å²) in [6.07, 6.45) is 12.1. The van der Waals surface area contributed by atoms with Gasteiger partial charge < -0.3 is 20.6 Å². The standard InChI is InChI=1S/C19H27N3O4/c1-2-16(12-18(24)25)21-19(26)15-4-3-11-22(13-15)17(23)6-5-14-7-9-20-10-8-14/h1,5-6,14-16,20H,3-4,7-13H2,(H,21,26)(H,24,25)/b6-5+/t15-,16?/m0/s1. The number of hydrogen-bond acceptors (Lipinski definition) is 4. The van der Waals surface area contributed by atoms with E-state index < -0.39 is 12.0 Å². The van der Waals surface area contributed by atoms with Gasteiger partial charge in [-0.3, -0.25) is 14.4 Å². The predicted octanol–water partition coefficient (Wildman–Crippen LogP) is 0.374. The second-order valence-electron chi connectivity index (χ2n) is 6.90. The summed E-state index contributed by atoms with van der Waals surface area (Å²) >= 11 is 0. The van der Waals surface area contributed by atoms with Crippen LogP contribution in [-0.4, -0.2) is 60.0 Å². The number of aliphatic carboxylic acids is 1. The molecule has 1 unspecified atom stereocenters. The van der Waals surface area contributed by atoms with E-state index >= 15 is 0 Å². The Kier molecular flexibility index (Phi) is 7.67. The number of terminal acetylenes is 1. The van der Waals surface area contributed by atoms with Crippen molar-refractivity contribution in [2.45, 2.75) is 38.1 Å². The summed E-state index contributed by atoms with van der Waals surface area (Å²) in [4.78, 5) is 37.2. The average molecular weight is 361 g/mol. The van der Waals surface area contributed by atoms with Gasteiger partial charge in [0, 0.05) is 13.1 Å². The Bertz CT molecular complexity index is 590. The third-order valence-electron chi connectivity index (χ3n) is 4.90. The molecule has 0 bridgehead atoms. The fourth-order valence-electron chi connectivity index (χ4n) is 3.37. The highest BCUT2D eigenvalue weighted by Gasteiger charge is 2.29. The third-order valence-corrected chi connectivity index (χ3v) is 4.90. The summed E-state index contributed by atoms with van der Waals surface area (Å²) in [5, 5.41) is 14.7. The second-order valence-corrected chi connectivity index (χ2v) is 6.90. The maximum absolute atomic E-state index is 12.4. The lowest BCUT2D eigenvalue weighted by atomic mass is 9.95. The summed E-state index contributed by atoms with van der Waals surface area (Å²) in [5.74, 6) is 0.944. The number of carbonyl (C=O) groups is 3. The molecule has 2 amide bonds. The van der Waals surface area contributed by atoms with Crippen molar-refractivity contribution in [3.8, 4) is 12.3 Å². The van der Waals surface area contributed by atoms with Gasteiger partial charge in [-0.25, -0.2) is 0 Å². The minimum Gasteiger partial charge on any atom is -0.481 e. The van der Waals surface area contributed by atoms with Crippen LogP contribution >= 0.6 is 0 Å². The first-order chi connectivity index (χ1) is 12.5. The first-order valence-electron chi connectivity index (χ1n) is 9.15. The molecule has 0 spiro atoms. The van der Waals surface area contributed by atoms with Gasteiger partial charge in [0.2, 0.25) is 11.8 Å². The predicted molar refractivity (Wildman–Crippen MR) is 97.1 cm³/mol. The summed E-state index contributed by atoms with van der Waals surface area (Å²) in [5.41, 5.74) is 0. The highest BCUT2D eigenvalue weighted by atomic mass is 16.4. The molecule has 0 aromatic carbocycles. The van der Waals surface area contributed by atoms with Gasteiger partial charge in [-0.2, -0.15) is 0 Å². The summed E-state index contributed by atoms with van der Waals surface area (Å²) in [6.45, 7) is 2.92. The van der Waals surface area contributed by atoms with Crippen LogP contribution in [0.15, 0.2) is 12.2 Å². The van der Waals surface area contributed by atoms with Crippen molar-refractivity contribution < 1.29 is 19.5 Å². The fourth-order valence-corrected chi connectivity index (χ4v) is 3.37. The van der Waals surface area contributed by atoms with Crippen LogP contribution in [0, 0.1) is 24.2 Å². The number of nitrogens with zero attached hydrogens (tertiary/aromatic N) is 1. The zero-order valence-electron chi connectivity index (χ0n) is 14.9. The van der Waals surface area contributed by atoms with Gasteiger partial charge >= 0.3 is 5.97 Å². The molecule has 2 fully saturated rings. The van der Waals surface area contributed by atoms with Crippen molar-refractivity contribution >= 4 is 17.8 Å². The molecule has 2 heterocycles. The Hall–Kier alpha value is -2.33. The van der Waals surface area contributed by atoms with Crippen LogP contribution < -0.4 is 10.6 Å². The van der Waals surface area contributed by atoms with Crippen LogP contribution in [0.25, 0.3) is 0 Å². The van der Waals surface area contributed by atoms with Crippen LogP contribution in [0.1, 0.15) is 32.1 Å². The number of carboxylic acid groups (broad SMARTS) is 1.